The zero-order valence-corrected chi connectivity index (χ0v) is 13.2. The van der Waals surface area contributed by atoms with Gasteiger partial charge < -0.3 is 5.11 Å². The third-order valence-corrected chi connectivity index (χ3v) is 4.97. The second-order valence-electron chi connectivity index (χ2n) is 4.37. The van der Waals surface area contributed by atoms with E-state index in [9.17, 15) is 16.8 Å². The number of benzene rings is 1. The van der Waals surface area contributed by atoms with E-state index < -0.39 is 19.9 Å². The fourth-order valence-corrected chi connectivity index (χ4v) is 3.23. The Bertz CT molecular complexity index is 725. The summed E-state index contributed by atoms with van der Waals surface area (Å²) in [7, 11) is -6.75. The zero-order chi connectivity index (χ0) is 15.9. The van der Waals surface area contributed by atoms with Crippen molar-refractivity contribution in [3.63, 3.8) is 0 Å². The first kappa shape index (κ1) is 17.7. The Morgan fingerprint density at radius 2 is 1.76 bits per heavy atom. The largest absolute Gasteiger partial charge is 0.384 e. The van der Waals surface area contributed by atoms with Crippen LogP contribution in [0.1, 0.15) is 12.0 Å². The van der Waals surface area contributed by atoms with Gasteiger partial charge in [0.2, 0.25) is 10.0 Å². The van der Waals surface area contributed by atoms with Crippen LogP contribution in [0.2, 0.25) is 0 Å². The highest BCUT2D eigenvalue weighted by Gasteiger charge is 2.13. The number of rotatable bonds is 6. The van der Waals surface area contributed by atoms with E-state index in [1.807, 2.05) is 0 Å². The van der Waals surface area contributed by atoms with Crippen molar-refractivity contribution in [1.82, 2.24) is 4.72 Å². The summed E-state index contributed by atoms with van der Waals surface area (Å²) < 4.78 is 48.1. The molecule has 0 saturated heterocycles. The Balaban J connectivity index is 2.66. The molecule has 0 aliphatic heterocycles. The van der Waals surface area contributed by atoms with Gasteiger partial charge in [-0.1, -0.05) is 11.8 Å². The van der Waals surface area contributed by atoms with E-state index >= 15 is 0 Å². The number of aliphatic hydroxyl groups is 1. The summed E-state index contributed by atoms with van der Waals surface area (Å²) in [5, 5.41) is 8.57. The molecule has 1 aromatic carbocycles. The van der Waals surface area contributed by atoms with E-state index in [-0.39, 0.29) is 30.2 Å². The average molecular weight is 331 g/mol. The summed E-state index contributed by atoms with van der Waals surface area (Å²) in [5.41, 5.74) is 0.597. The Kier molecular flexibility index (Phi) is 6.36. The Morgan fingerprint density at radius 1 is 1.14 bits per heavy atom. The van der Waals surface area contributed by atoms with E-state index in [4.69, 9.17) is 5.11 Å². The van der Waals surface area contributed by atoms with Gasteiger partial charge in [-0.3, -0.25) is 0 Å². The summed E-state index contributed by atoms with van der Waals surface area (Å²) in [6.45, 7) is -0.205. The quantitative estimate of drug-likeness (QED) is 0.553. The van der Waals surface area contributed by atoms with Crippen LogP contribution < -0.4 is 4.72 Å². The minimum absolute atomic E-state index is 0.0570. The van der Waals surface area contributed by atoms with Crippen LogP contribution in [-0.4, -0.2) is 47.1 Å². The van der Waals surface area contributed by atoms with Gasteiger partial charge in [-0.2, -0.15) is 0 Å². The molecule has 0 aromatic heterocycles. The van der Waals surface area contributed by atoms with E-state index in [1.54, 1.807) is 0 Å². The van der Waals surface area contributed by atoms with Crippen molar-refractivity contribution in [2.24, 2.45) is 0 Å². The van der Waals surface area contributed by atoms with Crippen LogP contribution in [0.15, 0.2) is 29.2 Å². The monoisotopic (exact) mass is 331 g/mol. The first-order chi connectivity index (χ1) is 9.74. The molecule has 1 aromatic rings. The maximum Gasteiger partial charge on any atom is 0.240 e. The Hall–Kier alpha value is -1.40. The van der Waals surface area contributed by atoms with Crippen LogP contribution in [0.3, 0.4) is 0 Å². The minimum Gasteiger partial charge on any atom is -0.384 e. The smallest absolute Gasteiger partial charge is 0.240 e. The molecule has 1 rings (SSSR count). The summed E-state index contributed by atoms with van der Waals surface area (Å²) in [5.74, 6) is 5.06. The molecule has 0 bridgehead atoms. The summed E-state index contributed by atoms with van der Waals surface area (Å²) >= 11 is 0. The predicted octanol–water partition coefficient (Wildman–Crippen LogP) is -0.257. The van der Waals surface area contributed by atoms with Crippen LogP contribution in [-0.2, 0) is 19.9 Å². The normalized spacial score (nSPS) is 11.7. The van der Waals surface area contributed by atoms with Gasteiger partial charge in [0.15, 0.2) is 0 Å². The van der Waals surface area contributed by atoms with Crippen molar-refractivity contribution in [1.29, 1.82) is 0 Å². The lowest BCUT2D eigenvalue weighted by Gasteiger charge is -2.06. The third kappa shape index (κ3) is 6.73. The molecule has 0 amide bonds. The molecule has 0 saturated carbocycles. The fraction of sp³-hybridized carbons (Fsp3) is 0.385. The van der Waals surface area contributed by atoms with Gasteiger partial charge in [0.05, 0.1) is 10.6 Å². The molecule has 0 unspecified atom stereocenters. The topological polar surface area (TPSA) is 101 Å². The van der Waals surface area contributed by atoms with E-state index in [0.717, 1.165) is 6.26 Å². The van der Waals surface area contributed by atoms with Crippen molar-refractivity contribution < 1.29 is 21.9 Å². The van der Waals surface area contributed by atoms with Crippen molar-refractivity contribution in [2.75, 3.05) is 25.2 Å². The number of sulfone groups is 1. The molecule has 0 heterocycles. The van der Waals surface area contributed by atoms with Crippen molar-refractivity contribution in [3.8, 4) is 11.8 Å². The lowest BCUT2D eigenvalue weighted by molar-refractivity contribution is 0.350. The summed E-state index contributed by atoms with van der Waals surface area (Å²) in [4.78, 5) is 0.0800. The SMILES string of the molecule is CS(=O)(=O)CCCNS(=O)(=O)c1ccc(C#CCO)cc1. The van der Waals surface area contributed by atoms with Crippen LogP contribution >= 0.6 is 0 Å². The first-order valence-electron chi connectivity index (χ1n) is 6.12. The van der Waals surface area contributed by atoms with Crippen molar-refractivity contribution in [2.45, 2.75) is 11.3 Å². The van der Waals surface area contributed by atoms with E-state index in [0.29, 0.717) is 5.56 Å². The molecular formula is C13H17NO5S2. The van der Waals surface area contributed by atoms with Crippen LogP contribution in [0.25, 0.3) is 0 Å². The highest BCUT2D eigenvalue weighted by Crippen LogP contribution is 2.09. The van der Waals surface area contributed by atoms with Gasteiger partial charge in [-0.25, -0.2) is 21.6 Å². The van der Waals surface area contributed by atoms with Crippen LogP contribution in [0.5, 0.6) is 0 Å². The first-order valence-corrected chi connectivity index (χ1v) is 9.66. The molecular weight excluding hydrogens is 314 g/mol. The molecule has 0 fully saturated rings. The Labute approximate surface area is 125 Å². The summed E-state index contributed by atoms with van der Waals surface area (Å²) in [6.07, 6.45) is 1.33. The second-order valence-corrected chi connectivity index (χ2v) is 8.39. The number of hydrogen-bond donors (Lipinski definition) is 2. The van der Waals surface area contributed by atoms with E-state index in [1.165, 1.54) is 24.3 Å². The number of hydrogen-bond acceptors (Lipinski definition) is 5. The zero-order valence-electron chi connectivity index (χ0n) is 11.5. The maximum absolute atomic E-state index is 11.9. The molecule has 0 atom stereocenters. The second kappa shape index (κ2) is 7.56. The number of aliphatic hydroxyl groups excluding tert-OH is 1. The van der Waals surface area contributed by atoms with Gasteiger partial charge in [0, 0.05) is 18.4 Å². The molecule has 0 spiro atoms. The lowest BCUT2D eigenvalue weighted by atomic mass is 10.2. The lowest BCUT2D eigenvalue weighted by Crippen LogP contribution is -2.26. The van der Waals surface area contributed by atoms with Crippen LogP contribution in [0, 0.1) is 11.8 Å². The van der Waals surface area contributed by atoms with Gasteiger partial charge in [0.25, 0.3) is 0 Å². The molecule has 8 heteroatoms. The molecule has 0 aliphatic carbocycles. The minimum atomic E-state index is -3.66. The van der Waals surface area contributed by atoms with Crippen molar-refractivity contribution in [3.05, 3.63) is 29.8 Å². The summed E-state index contributed by atoms with van der Waals surface area (Å²) in [6, 6.07) is 5.88. The molecule has 6 nitrogen and oxygen atoms in total. The molecule has 116 valence electrons. The van der Waals surface area contributed by atoms with Gasteiger partial charge in [0.1, 0.15) is 16.4 Å². The van der Waals surface area contributed by atoms with E-state index in [2.05, 4.69) is 16.6 Å². The molecule has 0 aliphatic rings. The van der Waals surface area contributed by atoms with Gasteiger partial charge in [-0.15, -0.1) is 0 Å². The van der Waals surface area contributed by atoms with Gasteiger partial charge >= 0.3 is 0 Å². The maximum atomic E-state index is 11.9. The standard InChI is InChI=1S/C13H17NO5S2/c1-20(16,17)11-3-9-14-21(18,19)13-7-5-12(6-8-13)4-2-10-15/h5-8,14-15H,3,9-11H2,1H3. The molecule has 2 N–H and O–H groups in total. The predicted molar refractivity (Wildman–Crippen MR) is 79.9 cm³/mol. The molecule has 21 heavy (non-hydrogen) atoms. The average Bonchev–Trinajstić information content (AvgIpc) is 2.41. The van der Waals surface area contributed by atoms with Gasteiger partial charge in [-0.05, 0) is 30.7 Å². The number of nitrogens with one attached hydrogen (secondary N) is 1. The fourth-order valence-electron chi connectivity index (χ4n) is 1.48. The van der Waals surface area contributed by atoms with Crippen LogP contribution in [0.4, 0.5) is 0 Å². The molecule has 0 radical (unpaired) electrons. The highest BCUT2D eigenvalue weighted by molar-refractivity contribution is 7.90. The van der Waals surface area contributed by atoms with Crippen molar-refractivity contribution >= 4 is 19.9 Å². The third-order valence-electron chi connectivity index (χ3n) is 2.46. The number of sulfonamides is 1. The highest BCUT2D eigenvalue weighted by atomic mass is 32.2. The Morgan fingerprint density at radius 3 is 2.29 bits per heavy atom.